The van der Waals surface area contributed by atoms with Crippen molar-refractivity contribution in [2.75, 3.05) is 4.90 Å². The average Bonchev–Trinajstić information content (AvgIpc) is 3.56. The van der Waals surface area contributed by atoms with E-state index in [1.807, 2.05) is 17.5 Å². The Kier molecular flexibility index (Phi) is 7.48. The molecule has 1 aromatic carbocycles. The lowest BCUT2D eigenvalue weighted by molar-refractivity contribution is -0.139. The van der Waals surface area contributed by atoms with Crippen LogP contribution in [0, 0.1) is 0 Å². The maximum absolute atomic E-state index is 13.5. The van der Waals surface area contributed by atoms with Gasteiger partial charge in [-0.15, -0.1) is 11.3 Å². The molecule has 170 valence electrons. The Morgan fingerprint density at radius 3 is 2.06 bits per heavy atom. The number of hydrogen-bond acceptors (Lipinski definition) is 4. The van der Waals surface area contributed by atoms with Crippen molar-refractivity contribution < 1.29 is 14.4 Å². The molecule has 0 radical (unpaired) electrons. The molecule has 8 heteroatoms. The summed E-state index contributed by atoms with van der Waals surface area (Å²) in [6.07, 6.45) is 7.85. The van der Waals surface area contributed by atoms with E-state index in [2.05, 4.69) is 10.6 Å². The van der Waals surface area contributed by atoms with Gasteiger partial charge in [0.2, 0.25) is 5.91 Å². The average molecular weight is 474 g/mol. The fourth-order valence-electron chi connectivity index (χ4n) is 4.58. The first-order chi connectivity index (χ1) is 15.5. The molecule has 2 aliphatic carbocycles. The second-order valence-corrected chi connectivity index (χ2v) is 9.93. The molecule has 0 aliphatic heterocycles. The third kappa shape index (κ3) is 5.33. The molecule has 0 unspecified atom stereocenters. The van der Waals surface area contributed by atoms with Crippen LogP contribution in [0.5, 0.6) is 0 Å². The second kappa shape index (κ2) is 10.5. The van der Waals surface area contributed by atoms with Crippen LogP contribution in [-0.4, -0.2) is 29.8 Å². The Morgan fingerprint density at radius 1 is 0.906 bits per heavy atom. The van der Waals surface area contributed by atoms with Crippen LogP contribution in [0.25, 0.3) is 0 Å². The maximum atomic E-state index is 13.5. The van der Waals surface area contributed by atoms with Gasteiger partial charge in [0.05, 0.1) is 0 Å². The van der Waals surface area contributed by atoms with Crippen LogP contribution in [0.4, 0.5) is 5.69 Å². The molecule has 2 saturated carbocycles. The van der Waals surface area contributed by atoms with Gasteiger partial charge < -0.3 is 10.6 Å². The quantitative estimate of drug-likeness (QED) is 0.602. The number of thiophene rings is 1. The Balaban J connectivity index is 1.67. The van der Waals surface area contributed by atoms with Crippen LogP contribution in [0.1, 0.15) is 62.3 Å². The second-order valence-electron chi connectivity index (χ2n) is 8.51. The van der Waals surface area contributed by atoms with Crippen molar-refractivity contribution in [2.45, 2.75) is 69.5 Å². The molecule has 32 heavy (non-hydrogen) atoms. The first-order valence-corrected chi connectivity index (χ1v) is 12.5. The molecule has 1 aromatic heterocycles. The minimum absolute atomic E-state index is 0.00557. The molecule has 2 aliphatic rings. The number of benzene rings is 1. The van der Waals surface area contributed by atoms with E-state index >= 15 is 0 Å². The highest BCUT2D eigenvalue weighted by atomic mass is 35.5. The van der Waals surface area contributed by atoms with Crippen molar-refractivity contribution in [3.8, 4) is 0 Å². The molecule has 2 fully saturated rings. The molecule has 0 bridgehead atoms. The van der Waals surface area contributed by atoms with Crippen molar-refractivity contribution in [1.29, 1.82) is 0 Å². The number of carbonyl (C=O) groups is 3. The van der Waals surface area contributed by atoms with Gasteiger partial charge in [-0.3, -0.25) is 19.3 Å². The van der Waals surface area contributed by atoms with Crippen LogP contribution >= 0.6 is 22.9 Å². The largest absolute Gasteiger partial charge is 0.351 e. The van der Waals surface area contributed by atoms with Gasteiger partial charge in [-0.25, -0.2) is 0 Å². The van der Waals surface area contributed by atoms with Crippen LogP contribution < -0.4 is 15.5 Å². The summed E-state index contributed by atoms with van der Waals surface area (Å²) >= 11 is 7.46. The van der Waals surface area contributed by atoms with Gasteiger partial charge in [0, 0.05) is 27.7 Å². The van der Waals surface area contributed by atoms with E-state index in [9.17, 15) is 14.4 Å². The number of halogens is 1. The molecule has 3 amide bonds. The van der Waals surface area contributed by atoms with E-state index in [1.165, 1.54) is 16.2 Å². The normalized spacial score (nSPS) is 17.8. The van der Waals surface area contributed by atoms with E-state index in [-0.39, 0.29) is 18.0 Å². The van der Waals surface area contributed by atoms with Gasteiger partial charge in [0.15, 0.2) is 6.04 Å². The smallest absolute Gasteiger partial charge is 0.317 e. The third-order valence-electron chi connectivity index (χ3n) is 6.23. The molecule has 1 heterocycles. The van der Waals surface area contributed by atoms with E-state index < -0.39 is 17.9 Å². The molecule has 0 saturated heterocycles. The predicted molar refractivity (Wildman–Crippen MR) is 127 cm³/mol. The summed E-state index contributed by atoms with van der Waals surface area (Å²) in [5.41, 5.74) is 0.459. The number of anilines is 1. The molecule has 1 atom stereocenters. The summed E-state index contributed by atoms with van der Waals surface area (Å²) in [7, 11) is 0. The van der Waals surface area contributed by atoms with Crippen LogP contribution in [0.15, 0.2) is 41.8 Å². The number of nitrogens with zero attached hydrogens (tertiary/aromatic N) is 1. The zero-order valence-corrected chi connectivity index (χ0v) is 19.5. The predicted octanol–water partition coefficient (Wildman–Crippen LogP) is 4.59. The van der Waals surface area contributed by atoms with Gasteiger partial charge >= 0.3 is 11.8 Å². The van der Waals surface area contributed by atoms with Gasteiger partial charge in [-0.2, -0.15) is 0 Å². The molecular formula is C24H28ClN3O3S. The fraction of sp³-hybridized carbons (Fsp3) is 0.458. The first kappa shape index (κ1) is 22.8. The molecular weight excluding hydrogens is 446 g/mol. The third-order valence-corrected chi connectivity index (χ3v) is 7.41. The van der Waals surface area contributed by atoms with Crippen molar-refractivity contribution in [2.24, 2.45) is 0 Å². The van der Waals surface area contributed by atoms with Gasteiger partial charge in [-0.05, 0) is 61.4 Å². The Morgan fingerprint density at radius 2 is 1.50 bits per heavy atom. The van der Waals surface area contributed by atoms with Gasteiger partial charge in [0.25, 0.3) is 0 Å². The van der Waals surface area contributed by atoms with Crippen molar-refractivity contribution in [3.05, 3.63) is 51.7 Å². The Labute approximate surface area is 197 Å². The number of hydrogen-bond donors (Lipinski definition) is 2. The summed E-state index contributed by atoms with van der Waals surface area (Å²) in [5.74, 6) is -1.68. The van der Waals surface area contributed by atoms with Crippen LogP contribution in [0.3, 0.4) is 0 Å². The highest BCUT2D eigenvalue weighted by Gasteiger charge is 2.38. The van der Waals surface area contributed by atoms with Gasteiger partial charge in [-0.1, -0.05) is 43.4 Å². The van der Waals surface area contributed by atoms with Gasteiger partial charge in [0.1, 0.15) is 0 Å². The molecule has 6 nitrogen and oxygen atoms in total. The minimum Gasteiger partial charge on any atom is -0.351 e. The minimum atomic E-state index is -0.932. The fourth-order valence-corrected chi connectivity index (χ4v) is 5.52. The summed E-state index contributed by atoms with van der Waals surface area (Å²) in [4.78, 5) is 42.0. The summed E-state index contributed by atoms with van der Waals surface area (Å²) in [5, 5.41) is 8.36. The lowest BCUT2D eigenvalue weighted by Crippen LogP contribution is -2.51. The van der Waals surface area contributed by atoms with Crippen LogP contribution in [0.2, 0.25) is 5.02 Å². The monoisotopic (exact) mass is 473 g/mol. The van der Waals surface area contributed by atoms with E-state index in [4.69, 9.17) is 11.6 Å². The highest BCUT2D eigenvalue weighted by molar-refractivity contribution is 7.10. The summed E-state index contributed by atoms with van der Waals surface area (Å²) < 4.78 is 0. The Hall–Kier alpha value is -2.38. The van der Waals surface area contributed by atoms with Crippen molar-refractivity contribution >= 4 is 46.3 Å². The zero-order chi connectivity index (χ0) is 22.5. The summed E-state index contributed by atoms with van der Waals surface area (Å²) in [6, 6.07) is 9.51. The first-order valence-electron chi connectivity index (χ1n) is 11.3. The van der Waals surface area contributed by atoms with E-state index in [0.29, 0.717) is 15.6 Å². The van der Waals surface area contributed by atoms with E-state index in [1.54, 1.807) is 24.3 Å². The van der Waals surface area contributed by atoms with Crippen molar-refractivity contribution in [1.82, 2.24) is 10.6 Å². The molecule has 4 rings (SSSR count). The van der Waals surface area contributed by atoms with Crippen molar-refractivity contribution in [3.63, 3.8) is 0 Å². The standard InChI is InChI=1S/C24H28ClN3O3S/c25-16-11-13-19(14-12-16)28(24(31)23(30)27-18-8-3-4-9-18)21(20-10-5-15-32-20)22(29)26-17-6-1-2-7-17/h5,10-15,17-18,21H,1-4,6-9H2,(H,26,29)(H,27,30)/t21-/m1/s1. The van der Waals surface area contributed by atoms with E-state index in [0.717, 1.165) is 51.4 Å². The SMILES string of the molecule is O=C(NC1CCCC1)C(=O)N(c1ccc(Cl)cc1)[C@@H](C(=O)NC1CCCC1)c1cccs1. The lowest BCUT2D eigenvalue weighted by Gasteiger charge is -2.31. The molecule has 2 aromatic rings. The van der Waals surface area contributed by atoms with Crippen LogP contribution in [-0.2, 0) is 14.4 Å². The Bertz CT molecular complexity index is 936. The number of amides is 3. The lowest BCUT2D eigenvalue weighted by atomic mass is 10.1. The number of rotatable bonds is 6. The molecule has 2 N–H and O–H groups in total. The highest BCUT2D eigenvalue weighted by Crippen LogP contribution is 2.32. The number of carbonyl (C=O) groups excluding carboxylic acids is 3. The summed E-state index contributed by atoms with van der Waals surface area (Å²) in [6.45, 7) is 0. The topological polar surface area (TPSA) is 78.5 Å². The maximum Gasteiger partial charge on any atom is 0.317 e. The number of nitrogens with one attached hydrogen (secondary N) is 2. The molecule has 0 spiro atoms. The zero-order valence-electron chi connectivity index (χ0n) is 17.9.